The second-order valence-corrected chi connectivity index (χ2v) is 5.33. The highest BCUT2D eigenvalue weighted by Gasteiger charge is 2.18. The largest absolute Gasteiger partial charge is 0.497 e. The molecule has 0 aromatic heterocycles. The van der Waals surface area contributed by atoms with Gasteiger partial charge in [0.15, 0.2) is 0 Å². The van der Waals surface area contributed by atoms with Crippen molar-refractivity contribution in [2.75, 3.05) is 13.7 Å². The van der Waals surface area contributed by atoms with Gasteiger partial charge in [0.1, 0.15) is 9.67 Å². The molecule has 0 heterocycles. The molecule has 0 radical (unpaired) electrons. The molecule has 0 N–H and O–H groups in total. The first-order valence-corrected chi connectivity index (χ1v) is 7.28. The summed E-state index contributed by atoms with van der Waals surface area (Å²) in [6.07, 6.45) is 0. The number of methoxy groups -OCH3 is 1. The standard InChI is InChI=1S/C15H15IO3/c1-3-19-15(17)14(16)12-5-4-11-9-13(18-2)7-6-10(11)8-12/h4-9,14H,3H2,1-2H3. The van der Waals surface area contributed by atoms with Crippen molar-refractivity contribution in [3.63, 3.8) is 0 Å². The van der Waals surface area contributed by atoms with Gasteiger partial charge >= 0.3 is 5.97 Å². The molecule has 3 nitrogen and oxygen atoms in total. The van der Waals surface area contributed by atoms with Crippen LogP contribution in [0.1, 0.15) is 16.4 Å². The number of ether oxygens (including phenoxy) is 2. The van der Waals surface area contributed by atoms with Gasteiger partial charge in [-0.3, -0.25) is 4.79 Å². The number of fused-ring (bicyclic) bond motifs is 1. The SMILES string of the molecule is CCOC(=O)C(I)c1ccc2cc(OC)ccc2c1. The van der Waals surface area contributed by atoms with Gasteiger partial charge in [-0.25, -0.2) is 0 Å². The molecule has 0 fully saturated rings. The van der Waals surface area contributed by atoms with Gasteiger partial charge in [-0.15, -0.1) is 0 Å². The Hall–Kier alpha value is -1.30. The fourth-order valence-corrected chi connectivity index (χ4v) is 2.45. The smallest absolute Gasteiger partial charge is 0.323 e. The first-order valence-electron chi connectivity index (χ1n) is 6.04. The van der Waals surface area contributed by atoms with Crippen LogP contribution in [-0.2, 0) is 9.53 Å². The highest BCUT2D eigenvalue weighted by atomic mass is 127. The van der Waals surface area contributed by atoms with E-state index < -0.39 is 0 Å². The van der Waals surface area contributed by atoms with Crippen LogP contribution < -0.4 is 4.74 Å². The molecule has 0 saturated heterocycles. The minimum Gasteiger partial charge on any atom is -0.497 e. The van der Waals surface area contributed by atoms with Crippen molar-refractivity contribution in [2.45, 2.75) is 10.8 Å². The number of halogens is 1. The second-order valence-electron chi connectivity index (χ2n) is 4.09. The number of carbonyl (C=O) groups excluding carboxylic acids is 1. The molecule has 0 aliphatic carbocycles. The molecule has 0 bridgehead atoms. The molecule has 2 aromatic carbocycles. The van der Waals surface area contributed by atoms with Gasteiger partial charge in [-0.1, -0.05) is 40.8 Å². The molecule has 19 heavy (non-hydrogen) atoms. The van der Waals surface area contributed by atoms with E-state index in [1.165, 1.54) is 0 Å². The monoisotopic (exact) mass is 370 g/mol. The molecule has 4 heteroatoms. The van der Waals surface area contributed by atoms with Gasteiger partial charge in [-0.05, 0) is 41.5 Å². The molecule has 0 aliphatic heterocycles. The summed E-state index contributed by atoms with van der Waals surface area (Å²) < 4.78 is 9.96. The molecule has 0 spiro atoms. The molecule has 100 valence electrons. The second kappa shape index (κ2) is 6.23. The summed E-state index contributed by atoms with van der Waals surface area (Å²) in [5, 5.41) is 2.18. The zero-order valence-electron chi connectivity index (χ0n) is 10.9. The predicted molar refractivity (Wildman–Crippen MR) is 83.9 cm³/mol. The van der Waals surface area contributed by atoms with Crippen molar-refractivity contribution in [3.8, 4) is 5.75 Å². The molecular weight excluding hydrogens is 355 g/mol. The fourth-order valence-electron chi connectivity index (χ4n) is 1.88. The number of benzene rings is 2. The van der Waals surface area contributed by atoms with E-state index in [4.69, 9.17) is 9.47 Å². The Labute approximate surface area is 126 Å². The Morgan fingerprint density at radius 3 is 2.58 bits per heavy atom. The van der Waals surface area contributed by atoms with Crippen molar-refractivity contribution in [1.82, 2.24) is 0 Å². The molecular formula is C15H15IO3. The van der Waals surface area contributed by atoms with Crippen molar-refractivity contribution in [3.05, 3.63) is 42.0 Å². The van der Waals surface area contributed by atoms with E-state index in [0.29, 0.717) is 6.61 Å². The van der Waals surface area contributed by atoms with E-state index in [9.17, 15) is 4.79 Å². The quantitative estimate of drug-likeness (QED) is 0.466. The molecule has 1 unspecified atom stereocenters. The number of alkyl halides is 1. The Morgan fingerprint density at radius 2 is 1.89 bits per heavy atom. The molecule has 2 aromatic rings. The molecule has 1 atom stereocenters. The third kappa shape index (κ3) is 3.18. The summed E-state index contributed by atoms with van der Waals surface area (Å²) >= 11 is 2.10. The van der Waals surface area contributed by atoms with E-state index >= 15 is 0 Å². The number of hydrogen-bond donors (Lipinski definition) is 0. The van der Waals surface area contributed by atoms with Crippen LogP contribution in [0.25, 0.3) is 10.8 Å². The van der Waals surface area contributed by atoms with Crippen LogP contribution >= 0.6 is 22.6 Å². The van der Waals surface area contributed by atoms with E-state index in [-0.39, 0.29) is 9.89 Å². The normalized spacial score (nSPS) is 12.2. The number of rotatable bonds is 4. The summed E-state index contributed by atoms with van der Waals surface area (Å²) in [5.41, 5.74) is 0.955. The highest BCUT2D eigenvalue weighted by Crippen LogP contribution is 2.29. The van der Waals surface area contributed by atoms with Crippen LogP contribution in [0, 0.1) is 0 Å². The van der Waals surface area contributed by atoms with E-state index in [1.54, 1.807) is 7.11 Å². The summed E-state index contributed by atoms with van der Waals surface area (Å²) in [4.78, 5) is 11.7. The number of esters is 1. The van der Waals surface area contributed by atoms with E-state index in [2.05, 4.69) is 22.6 Å². The molecule has 0 amide bonds. The van der Waals surface area contributed by atoms with Crippen LogP contribution in [0.3, 0.4) is 0 Å². The van der Waals surface area contributed by atoms with Crippen LogP contribution in [0.2, 0.25) is 0 Å². The fraction of sp³-hybridized carbons (Fsp3) is 0.267. The van der Waals surface area contributed by atoms with Crippen molar-refractivity contribution in [2.24, 2.45) is 0 Å². The van der Waals surface area contributed by atoms with Gasteiger partial charge in [0.05, 0.1) is 13.7 Å². The molecule has 2 rings (SSSR count). The maximum atomic E-state index is 11.7. The first-order chi connectivity index (χ1) is 9.15. The number of carbonyl (C=O) groups is 1. The summed E-state index contributed by atoms with van der Waals surface area (Å²) in [6.45, 7) is 2.22. The van der Waals surface area contributed by atoms with Gasteiger partial charge in [-0.2, -0.15) is 0 Å². The van der Waals surface area contributed by atoms with Crippen molar-refractivity contribution >= 4 is 39.3 Å². The van der Waals surface area contributed by atoms with Gasteiger partial charge in [0.2, 0.25) is 0 Å². The van der Waals surface area contributed by atoms with Crippen molar-refractivity contribution < 1.29 is 14.3 Å². The number of hydrogen-bond acceptors (Lipinski definition) is 3. The lowest BCUT2D eigenvalue weighted by Gasteiger charge is -2.10. The topological polar surface area (TPSA) is 35.5 Å². The maximum Gasteiger partial charge on any atom is 0.323 e. The average molecular weight is 370 g/mol. The minimum absolute atomic E-state index is 0.198. The van der Waals surface area contributed by atoms with Crippen molar-refractivity contribution in [1.29, 1.82) is 0 Å². The maximum absolute atomic E-state index is 11.7. The minimum atomic E-state index is -0.274. The lowest BCUT2D eigenvalue weighted by atomic mass is 10.0. The van der Waals surface area contributed by atoms with E-state index in [1.807, 2.05) is 43.3 Å². The summed E-state index contributed by atoms with van der Waals surface area (Å²) in [5.74, 6) is 0.632. The average Bonchev–Trinajstić information content (AvgIpc) is 2.45. The van der Waals surface area contributed by atoms with Crippen LogP contribution in [0.5, 0.6) is 5.75 Å². The Bertz CT molecular complexity index is 595. The third-order valence-electron chi connectivity index (χ3n) is 2.86. The predicted octanol–water partition coefficient (Wildman–Crippen LogP) is 3.89. The van der Waals surface area contributed by atoms with Gasteiger partial charge in [0.25, 0.3) is 0 Å². The lowest BCUT2D eigenvalue weighted by molar-refractivity contribution is -0.142. The van der Waals surface area contributed by atoms with E-state index in [0.717, 1.165) is 22.1 Å². The first kappa shape index (κ1) is 14.1. The molecule has 0 aliphatic rings. The Kier molecular flexibility index (Phi) is 4.63. The van der Waals surface area contributed by atoms with Gasteiger partial charge in [0, 0.05) is 0 Å². The Balaban J connectivity index is 2.33. The van der Waals surface area contributed by atoms with Gasteiger partial charge < -0.3 is 9.47 Å². The Morgan fingerprint density at radius 1 is 1.21 bits per heavy atom. The zero-order chi connectivity index (χ0) is 13.8. The van der Waals surface area contributed by atoms with Crippen LogP contribution in [0.4, 0.5) is 0 Å². The molecule has 0 saturated carbocycles. The van der Waals surface area contributed by atoms with Crippen LogP contribution in [0.15, 0.2) is 36.4 Å². The highest BCUT2D eigenvalue weighted by molar-refractivity contribution is 14.1. The van der Waals surface area contributed by atoms with Crippen LogP contribution in [-0.4, -0.2) is 19.7 Å². The lowest BCUT2D eigenvalue weighted by Crippen LogP contribution is -2.10. The zero-order valence-corrected chi connectivity index (χ0v) is 13.0. The third-order valence-corrected chi connectivity index (χ3v) is 4.09. The summed E-state index contributed by atoms with van der Waals surface area (Å²) in [7, 11) is 1.65. The summed E-state index contributed by atoms with van der Waals surface area (Å²) in [6, 6.07) is 11.9.